The molecule has 1 aromatic carbocycles. The van der Waals surface area contributed by atoms with E-state index in [2.05, 4.69) is 20.8 Å². The average Bonchev–Trinajstić information content (AvgIpc) is 3.57. The van der Waals surface area contributed by atoms with Crippen molar-refractivity contribution < 1.29 is 18.7 Å². The lowest BCUT2D eigenvalue weighted by molar-refractivity contribution is -0.143. The lowest BCUT2D eigenvalue weighted by Crippen LogP contribution is -2.28. The van der Waals surface area contributed by atoms with E-state index in [1.807, 2.05) is 47.8 Å². The number of esters is 1. The Hall–Kier alpha value is -4.05. The lowest BCUT2D eigenvalue weighted by atomic mass is 10.2. The normalized spacial score (nSPS) is 11.3. The van der Waals surface area contributed by atoms with Crippen LogP contribution in [0.4, 0.5) is 0 Å². The molecule has 0 atom stereocenters. The van der Waals surface area contributed by atoms with Gasteiger partial charge < -0.3 is 14.5 Å². The van der Waals surface area contributed by atoms with Crippen LogP contribution in [0.3, 0.4) is 0 Å². The fraction of sp³-hybridized carbons (Fsp3) is 0.0952. The Kier molecular flexibility index (Phi) is 6.29. The molecule has 4 rings (SSSR count). The van der Waals surface area contributed by atoms with Gasteiger partial charge in [0.2, 0.25) is 0 Å². The minimum Gasteiger partial charge on any atom is -0.465 e. The van der Waals surface area contributed by atoms with Gasteiger partial charge in [0, 0.05) is 16.5 Å². The molecule has 3 aromatic heterocycles. The smallest absolute Gasteiger partial charge is 0.357 e. The third kappa shape index (κ3) is 5.11. The van der Waals surface area contributed by atoms with Crippen LogP contribution in [0.2, 0.25) is 0 Å². The van der Waals surface area contributed by atoms with Crippen molar-refractivity contribution in [3.05, 3.63) is 76.9 Å². The predicted molar refractivity (Wildman–Crippen MR) is 113 cm³/mol. The first-order chi connectivity index (χ1) is 15.2. The monoisotopic (exact) mass is 435 g/mol. The lowest BCUT2D eigenvalue weighted by Gasteiger charge is -2.10. The molecule has 0 aliphatic heterocycles. The van der Waals surface area contributed by atoms with E-state index < -0.39 is 18.5 Å². The van der Waals surface area contributed by atoms with E-state index in [0.717, 1.165) is 4.88 Å². The van der Waals surface area contributed by atoms with Gasteiger partial charge in [0.25, 0.3) is 5.91 Å². The van der Waals surface area contributed by atoms with Crippen molar-refractivity contribution in [3.63, 3.8) is 0 Å². The minimum atomic E-state index is -0.771. The molecule has 0 radical (unpaired) electrons. The molecule has 10 heteroatoms. The van der Waals surface area contributed by atoms with E-state index in [-0.39, 0.29) is 5.70 Å². The standard InChI is InChI=1S/C21H17N5O4S/c27-19(22-13-17-9-5-11-31-17)14-30-21(28)18(12-16-8-4-10-29-16)26-20(23-24-25-26)15-6-2-1-3-7-15/h1-12H,13-14H2,(H,22,27)/b18-12-. The van der Waals surface area contributed by atoms with Gasteiger partial charge in [-0.3, -0.25) is 4.79 Å². The summed E-state index contributed by atoms with van der Waals surface area (Å²) in [6.07, 6.45) is 2.93. The summed E-state index contributed by atoms with van der Waals surface area (Å²) >= 11 is 1.53. The second kappa shape index (κ2) is 9.63. The van der Waals surface area contributed by atoms with Crippen LogP contribution in [0.5, 0.6) is 0 Å². The van der Waals surface area contributed by atoms with Gasteiger partial charge >= 0.3 is 5.97 Å². The molecular weight excluding hydrogens is 418 g/mol. The van der Waals surface area contributed by atoms with Gasteiger partial charge in [-0.1, -0.05) is 36.4 Å². The highest BCUT2D eigenvalue weighted by molar-refractivity contribution is 7.09. The first-order valence-electron chi connectivity index (χ1n) is 9.26. The summed E-state index contributed by atoms with van der Waals surface area (Å²) in [5.74, 6) is -0.438. The van der Waals surface area contributed by atoms with Gasteiger partial charge in [-0.05, 0) is 34.0 Å². The Morgan fingerprint density at radius 2 is 2.00 bits per heavy atom. The molecule has 0 bridgehead atoms. The summed E-state index contributed by atoms with van der Waals surface area (Å²) in [6, 6.07) is 16.3. The molecule has 0 spiro atoms. The summed E-state index contributed by atoms with van der Waals surface area (Å²) in [5, 5.41) is 16.3. The number of aromatic nitrogens is 4. The largest absolute Gasteiger partial charge is 0.465 e. The van der Waals surface area contributed by atoms with E-state index in [1.54, 1.807) is 12.1 Å². The van der Waals surface area contributed by atoms with Crippen molar-refractivity contribution in [2.24, 2.45) is 0 Å². The van der Waals surface area contributed by atoms with Crippen LogP contribution < -0.4 is 5.32 Å². The zero-order chi connectivity index (χ0) is 21.5. The maximum atomic E-state index is 12.9. The van der Waals surface area contributed by atoms with Crippen LogP contribution in [-0.2, 0) is 20.9 Å². The third-order valence-electron chi connectivity index (χ3n) is 4.14. The fourth-order valence-electron chi connectivity index (χ4n) is 2.69. The minimum absolute atomic E-state index is 0.00450. The number of benzene rings is 1. The third-order valence-corrected chi connectivity index (χ3v) is 5.01. The van der Waals surface area contributed by atoms with Crippen molar-refractivity contribution >= 4 is 35.0 Å². The number of thiophene rings is 1. The van der Waals surface area contributed by atoms with Gasteiger partial charge in [-0.25, -0.2) is 4.79 Å². The number of hydrogen-bond acceptors (Lipinski definition) is 8. The summed E-state index contributed by atoms with van der Waals surface area (Å²) in [6.45, 7) is -0.0726. The average molecular weight is 435 g/mol. The fourth-order valence-corrected chi connectivity index (χ4v) is 3.33. The first-order valence-corrected chi connectivity index (χ1v) is 10.1. The van der Waals surface area contributed by atoms with Gasteiger partial charge in [0.1, 0.15) is 5.76 Å². The molecule has 0 saturated carbocycles. The van der Waals surface area contributed by atoms with Crippen molar-refractivity contribution in [2.75, 3.05) is 6.61 Å². The number of carbonyl (C=O) groups is 2. The molecule has 31 heavy (non-hydrogen) atoms. The molecule has 4 aromatic rings. The Balaban J connectivity index is 1.52. The number of tetrazole rings is 1. The summed E-state index contributed by atoms with van der Waals surface area (Å²) in [7, 11) is 0. The quantitative estimate of drug-likeness (QED) is 0.334. The van der Waals surface area contributed by atoms with E-state index in [4.69, 9.17) is 9.15 Å². The molecule has 1 N–H and O–H groups in total. The van der Waals surface area contributed by atoms with Crippen LogP contribution in [0, 0.1) is 0 Å². The van der Waals surface area contributed by atoms with Gasteiger partial charge in [0.05, 0.1) is 12.8 Å². The first kappa shape index (κ1) is 20.2. The van der Waals surface area contributed by atoms with Crippen LogP contribution in [-0.4, -0.2) is 38.7 Å². The Labute approximate surface area is 181 Å². The molecule has 156 valence electrons. The molecule has 1 amide bonds. The molecule has 3 heterocycles. The van der Waals surface area contributed by atoms with Crippen LogP contribution in [0.1, 0.15) is 10.6 Å². The molecule has 0 aliphatic rings. The van der Waals surface area contributed by atoms with Crippen molar-refractivity contribution in [1.29, 1.82) is 0 Å². The zero-order valence-corrected chi connectivity index (χ0v) is 17.0. The number of amides is 1. The summed E-state index contributed by atoms with van der Waals surface area (Å²) < 4.78 is 11.8. The van der Waals surface area contributed by atoms with Crippen molar-refractivity contribution in [3.8, 4) is 11.4 Å². The van der Waals surface area contributed by atoms with Gasteiger partial charge in [-0.2, -0.15) is 4.68 Å². The topological polar surface area (TPSA) is 112 Å². The van der Waals surface area contributed by atoms with E-state index in [9.17, 15) is 9.59 Å². The van der Waals surface area contributed by atoms with Crippen LogP contribution >= 0.6 is 11.3 Å². The highest BCUT2D eigenvalue weighted by Crippen LogP contribution is 2.21. The zero-order valence-electron chi connectivity index (χ0n) is 16.2. The second-order valence-electron chi connectivity index (χ2n) is 6.26. The maximum Gasteiger partial charge on any atom is 0.357 e. The molecule has 9 nitrogen and oxygen atoms in total. The van der Waals surface area contributed by atoms with E-state index in [1.165, 1.54) is 28.4 Å². The molecule has 0 unspecified atom stereocenters. The highest BCUT2D eigenvalue weighted by atomic mass is 32.1. The number of ether oxygens (including phenoxy) is 1. The van der Waals surface area contributed by atoms with E-state index >= 15 is 0 Å². The van der Waals surface area contributed by atoms with Gasteiger partial charge in [-0.15, -0.1) is 16.4 Å². The number of hydrogen-bond donors (Lipinski definition) is 1. The van der Waals surface area contributed by atoms with E-state index in [0.29, 0.717) is 23.7 Å². The molecule has 0 aliphatic carbocycles. The van der Waals surface area contributed by atoms with Crippen LogP contribution in [0.25, 0.3) is 23.2 Å². The maximum absolute atomic E-state index is 12.9. The molecule has 0 saturated heterocycles. The Morgan fingerprint density at radius 1 is 1.13 bits per heavy atom. The van der Waals surface area contributed by atoms with Gasteiger partial charge in [0.15, 0.2) is 18.1 Å². The number of nitrogens with one attached hydrogen (secondary N) is 1. The molecular formula is C21H17N5O4S. The van der Waals surface area contributed by atoms with Crippen molar-refractivity contribution in [2.45, 2.75) is 6.54 Å². The predicted octanol–water partition coefficient (Wildman–Crippen LogP) is 2.85. The second-order valence-corrected chi connectivity index (χ2v) is 7.29. The Morgan fingerprint density at radius 3 is 2.74 bits per heavy atom. The number of furan rings is 1. The number of nitrogens with zero attached hydrogens (tertiary/aromatic N) is 4. The summed E-state index contributed by atoms with van der Waals surface area (Å²) in [4.78, 5) is 26.0. The van der Waals surface area contributed by atoms with Crippen LogP contribution in [0.15, 0.2) is 70.7 Å². The summed E-state index contributed by atoms with van der Waals surface area (Å²) in [5.41, 5.74) is 0.712. The number of rotatable bonds is 8. The SMILES string of the molecule is O=C(COC(=O)/C(=C/c1ccco1)n1nnnc1-c1ccccc1)NCc1cccs1. The Bertz CT molecular complexity index is 1170. The molecule has 0 fully saturated rings. The number of carbonyl (C=O) groups excluding carboxylic acids is 2. The highest BCUT2D eigenvalue weighted by Gasteiger charge is 2.22. The van der Waals surface area contributed by atoms with Crippen molar-refractivity contribution in [1.82, 2.24) is 25.5 Å².